The molecule has 3 nitrogen and oxygen atoms in total. The summed E-state index contributed by atoms with van der Waals surface area (Å²) < 4.78 is 39.2. The SMILES string of the molecule is CCCC(Br)CNC(=O)COCC(F)(F)F. The highest BCUT2D eigenvalue weighted by atomic mass is 79.9. The molecular weight excluding hydrogens is 291 g/mol. The molecule has 0 spiro atoms. The number of rotatable bonds is 7. The van der Waals surface area contributed by atoms with E-state index in [0.29, 0.717) is 6.54 Å². The molecule has 7 heteroatoms. The van der Waals surface area contributed by atoms with Gasteiger partial charge >= 0.3 is 6.18 Å². The zero-order valence-electron chi connectivity index (χ0n) is 8.94. The summed E-state index contributed by atoms with van der Waals surface area (Å²) in [6.45, 7) is 0.434. The van der Waals surface area contributed by atoms with Gasteiger partial charge in [0.25, 0.3) is 0 Å². The van der Waals surface area contributed by atoms with Gasteiger partial charge < -0.3 is 10.1 Å². The Bertz CT molecular complexity index is 211. The molecule has 0 heterocycles. The van der Waals surface area contributed by atoms with E-state index in [0.717, 1.165) is 12.8 Å². The quantitative estimate of drug-likeness (QED) is 0.733. The van der Waals surface area contributed by atoms with Crippen LogP contribution in [0, 0.1) is 0 Å². The van der Waals surface area contributed by atoms with E-state index in [4.69, 9.17) is 0 Å². The van der Waals surface area contributed by atoms with Gasteiger partial charge in [0.2, 0.25) is 5.91 Å². The molecule has 0 aromatic rings. The molecule has 0 bridgehead atoms. The highest BCUT2D eigenvalue weighted by Gasteiger charge is 2.27. The van der Waals surface area contributed by atoms with Crippen molar-refractivity contribution in [1.82, 2.24) is 5.32 Å². The van der Waals surface area contributed by atoms with E-state index in [-0.39, 0.29) is 4.83 Å². The summed E-state index contributed by atoms with van der Waals surface area (Å²) in [4.78, 5) is 11.2. The molecule has 1 amide bonds. The molecule has 0 fully saturated rings. The zero-order valence-corrected chi connectivity index (χ0v) is 10.5. The molecule has 0 saturated carbocycles. The number of carbonyl (C=O) groups excluding carboxylic acids is 1. The van der Waals surface area contributed by atoms with E-state index in [1.165, 1.54) is 0 Å². The number of carbonyl (C=O) groups is 1. The van der Waals surface area contributed by atoms with Crippen LogP contribution in [0.5, 0.6) is 0 Å². The lowest BCUT2D eigenvalue weighted by atomic mass is 10.2. The molecular formula is C9H15BrF3NO2. The lowest BCUT2D eigenvalue weighted by Crippen LogP contribution is -2.33. The Labute approximate surface area is 101 Å². The molecule has 1 N–H and O–H groups in total. The molecule has 0 saturated heterocycles. The van der Waals surface area contributed by atoms with Crippen LogP contribution >= 0.6 is 15.9 Å². The third kappa shape index (κ3) is 10.2. The Kier molecular flexibility index (Phi) is 7.74. The summed E-state index contributed by atoms with van der Waals surface area (Å²) in [6.07, 6.45) is -2.53. The van der Waals surface area contributed by atoms with Crippen molar-refractivity contribution in [3.63, 3.8) is 0 Å². The van der Waals surface area contributed by atoms with Gasteiger partial charge in [-0.25, -0.2) is 0 Å². The van der Waals surface area contributed by atoms with Gasteiger partial charge in [0.05, 0.1) is 0 Å². The fourth-order valence-electron chi connectivity index (χ4n) is 0.950. The van der Waals surface area contributed by atoms with Crippen LogP contribution in [0.25, 0.3) is 0 Å². The van der Waals surface area contributed by atoms with Crippen molar-refractivity contribution in [1.29, 1.82) is 0 Å². The van der Waals surface area contributed by atoms with Gasteiger partial charge in [-0.3, -0.25) is 4.79 Å². The normalized spacial score (nSPS) is 13.6. The van der Waals surface area contributed by atoms with E-state index < -0.39 is 25.3 Å². The Balaban J connectivity index is 3.52. The number of halogens is 4. The maximum Gasteiger partial charge on any atom is 0.411 e. The summed E-state index contributed by atoms with van der Waals surface area (Å²) in [5, 5.41) is 2.48. The number of amides is 1. The monoisotopic (exact) mass is 305 g/mol. The summed E-state index contributed by atoms with van der Waals surface area (Å²) in [5.74, 6) is -0.537. The van der Waals surface area contributed by atoms with E-state index in [1.54, 1.807) is 0 Å². The first-order valence-corrected chi connectivity index (χ1v) is 5.82. The van der Waals surface area contributed by atoms with Crippen LogP contribution in [0.4, 0.5) is 13.2 Å². The molecule has 1 unspecified atom stereocenters. The van der Waals surface area contributed by atoms with E-state index in [9.17, 15) is 18.0 Å². The van der Waals surface area contributed by atoms with Crippen LogP contribution in [-0.2, 0) is 9.53 Å². The van der Waals surface area contributed by atoms with Gasteiger partial charge in [0.15, 0.2) is 0 Å². The van der Waals surface area contributed by atoms with E-state index in [1.807, 2.05) is 6.92 Å². The molecule has 1 atom stereocenters. The zero-order chi connectivity index (χ0) is 12.6. The summed E-state index contributed by atoms with van der Waals surface area (Å²) in [7, 11) is 0. The van der Waals surface area contributed by atoms with Crippen molar-refractivity contribution >= 4 is 21.8 Å². The number of hydrogen-bond donors (Lipinski definition) is 1. The first-order chi connectivity index (χ1) is 7.35. The molecule has 0 aromatic heterocycles. The van der Waals surface area contributed by atoms with Gasteiger partial charge in [-0.1, -0.05) is 29.3 Å². The predicted octanol–water partition coefficient (Wildman–Crippen LogP) is 2.25. The standard InChI is InChI=1S/C9H15BrF3NO2/c1-2-3-7(10)4-14-8(15)5-16-6-9(11,12)13/h7H,2-6H2,1H3,(H,14,15). The minimum atomic E-state index is -4.39. The van der Waals surface area contributed by atoms with Crippen molar-refractivity contribution in [3.8, 4) is 0 Å². The van der Waals surface area contributed by atoms with Crippen molar-refractivity contribution in [3.05, 3.63) is 0 Å². The van der Waals surface area contributed by atoms with E-state index >= 15 is 0 Å². The first-order valence-electron chi connectivity index (χ1n) is 4.90. The van der Waals surface area contributed by atoms with Crippen LogP contribution in [0.2, 0.25) is 0 Å². The molecule has 0 aromatic carbocycles. The Morgan fingerprint density at radius 3 is 2.62 bits per heavy atom. The third-order valence-electron chi connectivity index (χ3n) is 1.62. The maximum atomic E-state index is 11.7. The van der Waals surface area contributed by atoms with Crippen LogP contribution in [0.1, 0.15) is 19.8 Å². The van der Waals surface area contributed by atoms with Crippen molar-refractivity contribution < 1.29 is 22.7 Å². The summed E-state index contributed by atoms with van der Waals surface area (Å²) >= 11 is 3.33. The van der Waals surface area contributed by atoms with Gasteiger partial charge in [0.1, 0.15) is 13.2 Å². The third-order valence-corrected chi connectivity index (χ3v) is 2.40. The lowest BCUT2D eigenvalue weighted by Gasteiger charge is -2.11. The van der Waals surface area contributed by atoms with Gasteiger partial charge in [-0.15, -0.1) is 0 Å². The largest absolute Gasteiger partial charge is 0.411 e. The van der Waals surface area contributed by atoms with Crippen LogP contribution < -0.4 is 5.32 Å². The second kappa shape index (κ2) is 7.89. The highest BCUT2D eigenvalue weighted by molar-refractivity contribution is 9.09. The number of hydrogen-bond acceptors (Lipinski definition) is 2. The second-order valence-corrected chi connectivity index (χ2v) is 4.59. The van der Waals surface area contributed by atoms with Crippen molar-refractivity contribution in [2.45, 2.75) is 30.8 Å². The average Bonchev–Trinajstić information content (AvgIpc) is 2.13. The Morgan fingerprint density at radius 2 is 2.12 bits per heavy atom. The van der Waals surface area contributed by atoms with Crippen LogP contribution in [-0.4, -0.2) is 36.7 Å². The van der Waals surface area contributed by atoms with E-state index in [2.05, 4.69) is 26.0 Å². The number of alkyl halides is 4. The van der Waals surface area contributed by atoms with Crippen molar-refractivity contribution in [2.75, 3.05) is 19.8 Å². The highest BCUT2D eigenvalue weighted by Crippen LogP contribution is 2.14. The summed E-state index contributed by atoms with van der Waals surface area (Å²) in [6, 6.07) is 0. The number of nitrogens with one attached hydrogen (secondary N) is 1. The Morgan fingerprint density at radius 1 is 1.50 bits per heavy atom. The van der Waals surface area contributed by atoms with Crippen LogP contribution in [0.3, 0.4) is 0 Å². The Hall–Kier alpha value is -0.300. The molecule has 0 rings (SSSR count). The van der Waals surface area contributed by atoms with Gasteiger partial charge in [-0.2, -0.15) is 13.2 Å². The first kappa shape index (κ1) is 15.7. The van der Waals surface area contributed by atoms with Gasteiger partial charge in [-0.05, 0) is 6.42 Å². The fourth-order valence-corrected chi connectivity index (χ4v) is 1.57. The lowest BCUT2D eigenvalue weighted by molar-refractivity contribution is -0.175. The summed E-state index contributed by atoms with van der Waals surface area (Å²) in [5.41, 5.74) is 0. The molecule has 16 heavy (non-hydrogen) atoms. The van der Waals surface area contributed by atoms with Crippen molar-refractivity contribution in [2.24, 2.45) is 0 Å². The molecule has 0 aliphatic rings. The number of ether oxygens (including phenoxy) is 1. The minimum Gasteiger partial charge on any atom is -0.362 e. The maximum absolute atomic E-state index is 11.7. The average molecular weight is 306 g/mol. The fraction of sp³-hybridized carbons (Fsp3) is 0.889. The second-order valence-electron chi connectivity index (χ2n) is 3.30. The van der Waals surface area contributed by atoms with Crippen LogP contribution in [0.15, 0.2) is 0 Å². The smallest absolute Gasteiger partial charge is 0.362 e. The predicted molar refractivity (Wildman–Crippen MR) is 57.5 cm³/mol. The molecule has 96 valence electrons. The molecule has 0 aliphatic carbocycles. The molecule has 0 radical (unpaired) electrons. The topological polar surface area (TPSA) is 38.3 Å². The minimum absolute atomic E-state index is 0.143. The molecule has 0 aliphatic heterocycles. The van der Waals surface area contributed by atoms with Gasteiger partial charge in [0, 0.05) is 11.4 Å².